The van der Waals surface area contributed by atoms with Crippen LogP contribution in [0.15, 0.2) is 12.7 Å². The van der Waals surface area contributed by atoms with Gasteiger partial charge in [-0.1, -0.05) is 26.3 Å². The molecule has 0 aliphatic rings. The highest BCUT2D eigenvalue weighted by Gasteiger charge is 1.95. The molecule has 8 heavy (non-hydrogen) atoms. The van der Waals surface area contributed by atoms with Crippen LogP contribution in [0.4, 0.5) is 0 Å². The van der Waals surface area contributed by atoms with E-state index in [4.69, 9.17) is 0 Å². The number of allylic oxidation sites excluding steroid dienone is 1. The molecule has 0 fully saturated rings. The molecule has 0 aromatic carbocycles. The Morgan fingerprint density at radius 2 is 2.25 bits per heavy atom. The molecule has 47 valence electrons. The molecule has 0 aliphatic carbocycles. The monoisotopic (exact) mass is 111 g/mol. The van der Waals surface area contributed by atoms with E-state index in [0.29, 0.717) is 5.92 Å². The number of hydrogen-bond acceptors (Lipinski definition) is 0. The summed E-state index contributed by atoms with van der Waals surface area (Å²) in [6.07, 6.45) is 5.48. The lowest BCUT2D eigenvalue weighted by Gasteiger charge is -2.04. The van der Waals surface area contributed by atoms with E-state index in [1.54, 1.807) is 0 Å². The second kappa shape index (κ2) is 4.89. The SMILES string of the molecule is [CH2]CC(C=C)CCC. The molecule has 1 radical (unpaired) electrons. The van der Waals surface area contributed by atoms with Gasteiger partial charge in [0.2, 0.25) is 0 Å². The maximum atomic E-state index is 3.80. The van der Waals surface area contributed by atoms with Gasteiger partial charge in [0.1, 0.15) is 0 Å². The maximum absolute atomic E-state index is 3.80. The molecule has 1 unspecified atom stereocenters. The topological polar surface area (TPSA) is 0 Å². The van der Waals surface area contributed by atoms with Gasteiger partial charge in [-0.2, -0.15) is 0 Å². The Morgan fingerprint density at radius 3 is 2.38 bits per heavy atom. The zero-order chi connectivity index (χ0) is 6.41. The van der Waals surface area contributed by atoms with Crippen LogP contribution in [-0.2, 0) is 0 Å². The molecule has 0 bridgehead atoms. The third kappa shape index (κ3) is 2.84. The first-order chi connectivity index (χ1) is 3.85. The fourth-order valence-electron chi connectivity index (χ4n) is 0.751. The van der Waals surface area contributed by atoms with Crippen LogP contribution in [0.3, 0.4) is 0 Å². The molecule has 0 nitrogen and oxygen atoms in total. The minimum absolute atomic E-state index is 0.653. The minimum Gasteiger partial charge on any atom is -0.103 e. The number of hydrogen-bond donors (Lipinski definition) is 0. The Labute approximate surface area is 52.6 Å². The van der Waals surface area contributed by atoms with E-state index in [9.17, 15) is 0 Å². The summed E-state index contributed by atoms with van der Waals surface area (Å²) in [5, 5.41) is 0. The average molecular weight is 111 g/mol. The van der Waals surface area contributed by atoms with E-state index in [-0.39, 0.29) is 0 Å². The van der Waals surface area contributed by atoms with Crippen LogP contribution in [0.2, 0.25) is 0 Å². The van der Waals surface area contributed by atoms with Crippen molar-refractivity contribution in [2.75, 3.05) is 0 Å². The van der Waals surface area contributed by atoms with Crippen molar-refractivity contribution in [1.82, 2.24) is 0 Å². The molecule has 0 spiro atoms. The summed E-state index contributed by atoms with van der Waals surface area (Å²) in [7, 11) is 0. The minimum atomic E-state index is 0.653. The molecule has 1 atom stereocenters. The van der Waals surface area contributed by atoms with Crippen molar-refractivity contribution in [2.45, 2.75) is 26.2 Å². The maximum Gasteiger partial charge on any atom is -0.0236 e. The Kier molecular flexibility index (Phi) is 4.73. The van der Waals surface area contributed by atoms with Crippen LogP contribution in [0.1, 0.15) is 26.2 Å². The Bertz CT molecular complexity index is 55.1. The van der Waals surface area contributed by atoms with Crippen LogP contribution in [0.25, 0.3) is 0 Å². The van der Waals surface area contributed by atoms with Gasteiger partial charge in [-0.25, -0.2) is 0 Å². The Balaban J connectivity index is 3.21. The van der Waals surface area contributed by atoms with Crippen molar-refractivity contribution in [1.29, 1.82) is 0 Å². The molecule has 0 rings (SSSR count). The molecule has 0 saturated heterocycles. The predicted molar refractivity (Wildman–Crippen MR) is 38.6 cm³/mol. The summed E-state index contributed by atoms with van der Waals surface area (Å²) < 4.78 is 0. The molecule has 0 amide bonds. The fraction of sp³-hybridized carbons (Fsp3) is 0.625. The van der Waals surface area contributed by atoms with Gasteiger partial charge in [0.25, 0.3) is 0 Å². The van der Waals surface area contributed by atoms with Gasteiger partial charge in [-0.05, 0) is 18.8 Å². The van der Waals surface area contributed by atoms with Gasteiger partial charge in [0.05, 0.1) is 0 Å². The van der Waals surface area contributed by atoms with Crippen molar-refractivity contribution in [3.8, 4) is 0 Å². The molecule has 0 aromatic rings. The highest BCUT2D eigenvalue weighted by Crippen LogP contribution is 2.09. The molecular formula is C8H15. The van der Waals surface area contributed by atoms with Crippen molar-refractivity contribution in [3.05, 3.63) is 19.6 Å². The zero-order valence-corrected chi connectivity index (χ0v) is 5.69. The van der Waals surface area contributed by atoms with Gasteiger partial charge in [-0.15, -0.1) is 6.58 Å². The Morgan fingerprint density at radius 1 is 1.62 bits per heavy atom. The van der Waals surface area contributed by atoms with Gasteiger partial charge in [0.15, 0.2) is 0 Å². The molecule has 0 heteroatoms. The molecule has 0 aromatic heterocycles. The van der Waals surface area contributed by atoms with Crippen LogP contribution in [-0.4, -0.2) is 0 Å². The van der Waals surface area contributed by atoms with E-state index in [1.165, 1.54) is 12.8 Å². The summed E-state index contributed by atoms with van der Waals surface area (Å²) in [4.78, 5) is 0. The first-order valence-corrected chi connectivity index (χ1v) is 3.27. The summed E-state index contributed by atoms with van der Waals surface area (Å²) in [6, 6.07) is 0. The van der Waals surface area contributed by atoms with Crippen molar-refractivity contribution < 1.29 is 0 Å². The summed E-state index contributed by atoms with van der Waals surface area (Å²) in [5.41, 5.74) is 0. The van der Waals surface area contributed by atoms with E-state index in [0.717, 1.165) is 6.42 Å². The first-order valence-electron chi connectivity index (χ1n) is 3.27. The van der Waals surface area contributed by atoms with Gasteiger partial charge in [0, 0.05) is 0 Å². The lowest BCUT2D eigenvalue weighted by atomic mass is 10.0. The van der Waals surface area contributed by atoms with E-state index < -0.39 is 0 Å². The smallest absolute Gasteiger partial charge is 0.0236 e. The molecule has 0 heterocycles. The van der Waals surface area contributed by atoms with Crippen LogP contribution in [0, 0.1) is 12.8 Å². The number of rotatable bonds is 4. The summed E-state index contributed by atoms with van der Waals surface area (Å²) >= 11 is 0. The van der Waals surface area contributed by atoms with E-state index in [2.05, 4.69) is 20.4 Å². The van der Waals surface area contributed by atoms with Crippen LogP contribution >= 0.6 is 0 Å². The highest BCUT2D eigenvalue weighted by atomic mass is 14.0. The lowest BCUT2D eigenvalue weighted by molar-refractivity contribution is 0.588. The van der Waals surface area contributed by atoms with Gasteiger partial charge < -0.3 is 0 Å². The van der Waals surface area contributed by atoms with Crippen molar-refractivity contribution >= 4 is 0 Å². The van der Waals surface area contributed by atoms with Crippen molar-refractivity contribution in [2.24, 2.45) is 5.92 Å². The summed E-state index contributed by atoms with van der Waals surface area (Å²) in [5.74, 6) is 0.653. The third-order valence-corrected chi connectivity index (χ3v) is 1.36. The Hall–Kier alpha value is -0.260. The molecule has 0 saturated carbocycles. The van der Waals surface area contributed by atoms with Crippen molar-refractivity contribution in [3.63, 3.8) is 0 Å². The van der Waals surface area contributed by atoms with E-state index in [1.807, 2.05) is 6.08 Å². The van der Waals surface area contributed by atoms with E-state index >= 15 is 0 Å². The molecule has 0 aliphatic heterocycles. The van der Waals surface area contributed by atoms with Gasteiger partial charge >= 0.3 is 0 Å². The first kappa shape index (κ1) is 7.74. The average Bonchev–Trinajstić information content (AvgIpc) is 1.83. The normalized spacial score (nSPS) is 13.2. The van der Waals surface area contributed by atoms with Gasteiger partial charge in [-0.3, -0.25) is 0 Å². The second-order valence-corrected chi connectivity index (χ2v) is 2.07. The standard InChI is InChI=1S/C8H15/c1-4-7-8(5-2)6-3/h5,8H,2-4,6-7H2,1H3. The molecule has 0 N–H and O–H groups in total. The predicted octanol–water partition coefficient (Wildman–Crippen LogP) is 2.81. The highest BCUT2D eigenvalue weighted by molar-refractivity contribution is 4.78. The summed E-state index contributed by atoms with van der Waals surface area (Å²) in [6.45, 7) is 9.70. The quantitative estimate of drug-likeness (QED) is 0.489. The second-order valence-electron chi connectivity index (χ2n) is 2.07. The zero-order valence-electron chi connectivity index (χ0n) is 5.69. The lowest BCUT2D eigenvalue weighted by Crippen LogP contribution is -1.90. The third-order valence-electron chi connectivity index (χ3n) is 1.36. The van der Waals surface area contributed by atoms with Crippen LogP contribution < -0.4 is 0 Å². The fourth-order valence-corrected chi connectivity index (χ4v) is 0.751. The van der Waals surface area contributed by atoms with Crippen LogP contribution in [0.5, 0.6) is 0 Å². The molecular weight excluding hydrogens is 96.1 g/mol. The largest absolute Gasteiger partial charge is 0.103 e.